The van der Waals surface area contributed by atoms with Crippen molar-refractivity contribution in [2.75, 3.05) is 0 Å². The summed E-state index contributed by atoms with van der Waals surface area (Å²) in [5.74, 6) is 0. The number of aryl methyl sites for hydroxylation is 2. The van der Waals surface area contributed by atoms with E-state index in [9.17, 15) is 0 Å². The van der Waals surface area contributed by atoms with Crippen LogP contribution in [-0.4, -0.2) is 0 Å². The van der Waals surface area contributed by atoms with Gasteiger partial charge in [0.25, 0.3) is 0 Å². The minimum absolute atomic E-state index is 1.33. The van der Waals surface area contributed by atoms with Crippen molar-refractivity contribution in [3.8, 4) is 0 Å². The molecule has 0 bridgehead atoms. The minimum Gasteiger partial charge on any atom is -0.0616 e. The van der Waals surface area contributed by atoms with Crippen molar-refractivity contribution in [3.63, 3.8) is 0 Å². The topological polar surface area (TPSA) is 0 Å². The molecule has 0 fully saturated rings. The Bertz CT molecular complexity index is 885. The Hall–Kier alpha value is -2.34. The van der Waals surface area contributed by atoms with Gasteiger partial charge in [-0.25, -0.2) is 0 Å². The van der Waals surface area contributed by atoms with E-state index in [2.05, 4.69) is 74.5 Å². The summed E-state index contributed by atoms with van der Waals surface area (Å²) in [4.78, 5) is 0. The predicted molar refractivity (Wildman–Crippen MR) is 88.4 cm³/mol. The van der Waals surface area contributed by atoms with Crippen molar-refractivity contribution < 1.29 is 0 Å². The third-order valence-electron chi connectivity index (χ3n) is 4.39. The molecule has 0 heterocycles. The Labute approximate surface area is 118 Å². The lowest BCUT2D eigenvalue weighted by Crippen LogP contribution is -1.88. The number of hydrogen-bond donors (Lipinski definition) is 0. The molecular formula is C20H16. The van der Waals surface area contributed by atoms with Gasteiger partial charge in [0.15, 0.2) is 0 Å². The summed E-state index contributed by atoms with van der Waals surface area (Å²) in [7, 11) is 0. The van der Waals surface area contributed by atoms with Gasteiger partial charge in [-0.3, -0.25) is 0 Å². The van der Waals surface area contributed by atoms with Crippen LogP contribution in [0.2, 0.25) is 0 Å². The number of fused-ring (bicyclic) bond motifs is 3. The van der Waals surface area contributed by atoms with Crippen molar-refractivity contribution >= 4 is 32.3 Å². The van der Waals surface area contributed by atoms with Crippen LogP contribution in [0.25, 0.3) is 32.3 Å². The van der Waals surface area contributed by atoms with Crippen LogP contribution in [0.1, 0.15) is 11.1 Å². The molecule has 0 amide bonds. The third-order valence-corrected chi connectivity index (χ3v) is 4.39. The van der Waals surface area contributed by atoms with Crippen molar-refractivity contribution in [1.29, 1.82) is 0 Å². The van der Waals surface area contributed by atoms with Gasteiger partial charge >= 0.3 is 0 Å². The molecule has 0 saturated heterocycles. The first-order valence-corrected chi connectivity index (χ1v) is 7.06. The zero-order chi connectivity index (χ0) is 13.7. The molecule has 0 unspecified atom stereocenters. The second-order valence-electron chi connectivity index (χ2n) is 5.54. The average Bonchev–Trinajstić information content (AvgIpc) is 2.47. The zero-order valence-corrected chi connectivity index (χ0v) is 11.8. The number of rotatable bonds is 0. The highest BCUT2D eigenvalue weighted by atomic mass is 14.1. The molecule has 0 atom stereocenters. The quantitative estimate of drug-likeness (QED) is 0.351. The van der Waals surface area contributed by atoms with Crippen molar-refractivity contribution in [3.05, 3.63) is 71.8 Å². The number of hydrogen-bond acceptors (Lipinski definition) is 0. The van der Waals surface area contributed by atoms with E-state index in [0.717, 1.165) is 0 Å². The fraction of sp³-hybridized carbons (Fsp3) is 0.100. The fourth-order valence-corrected chi connectivity index (χ4v) is 3.43. The minimum atomic E-state index is 1.33. The maximum Gasteiger partial charge on any atom is -0.0113 e. The van der Waals surface area contributed by atoms with Gasteiger partial charge in [0.05, 0.1) is 0 Å². The van der Waals surface area contributed by atoms with E-state index in [1.54, 1.807) is 0 Å². The van der Waals surface area contributed by atoms with Crippen LogP contribution in [0, 0.1) is 13.8 Å². The molecule has 96 valence electrons. The fourth-order valence-electron chi connectivity index (χ4n) is 3.43. The first kappa shape index (κ1) is 11.5. The van der Waals surface area contributed by atoms with Crippen LogP contribution in [-0.2, 0) is 0 Å². The summed E-state index contributed by atoms with van der Waals surface area (Å²) in [6.45, 7) is 4.48. The van der Waals surface area contributed by atoms with Crippen LogP contribution in [0.4, 0.5) is 0 Å². The van der Waals surface area contributed by atoms with E-state index >= 15 is 0 Å². The molecule has 0 heteroatoms. The second kappa shape index (κ2) is 4.08. The Kier molecular flexibility index (Phi) is 2.34. The molecule has 0 N–H and O–H groups in total. The predicted octanol–water partition coefficient (Wildman–Crippen LogP) is 5.76. The van der Waals surface area contributed by atoms with Crippen molar-refractivity contribution in [2.24, 2.45) is 0 Å². The Morgan fingerprint density at radius 3 is 1.50 bits per heavy atom. The highest BCUT2D eigenvalue weighted by molar-refractivity contribution is 6.09. The first-order chi connectivity index (χ1) is 9.75. The Morgan fingerprint density at radius 2 is 1.00 bits per heavy atom. The molecule has 4 rings (SSSR count). The first-order valence-electron chi connectivity index (χ1n) is 7.06. The third kappa shape index (κ3) is 1.48. The number of benzene rings is 4. The van der Waals surface area contributed by atoms with Gasteiger partial charge < -0.3 is 0 Å². The maximum absolute atomic E-state index is 2.32. The highest BCUT2D eigenvalue weighted by Crippen LogP contribution is 2.34. The molecule has 0 saturated carbocycles. The van der Waals surface area contributed by atoms with Crippen LogP contribution < -0.4 is 0 Å². The van der Waals surface area contributed by atoms with Crippen LogP contribution in [0.3, 0.4) is 0 Å². The van der Waals surface area contributed by atoms with Gasteiger partial charge in [-0.2, -0.15) is 0 Å². The van der Waals surface area contributed by atoms with Crippen molar-refractivity contribution in [1.82, 2.24) is 0 Å². The van der Waals surface area contributed by atoms with Gasteiger partial charge in [0.1, 0.15) is 0 Å². The normalized spacial score (nSPS) is 11.5. The van der Waals surface area contributed by atoms with Gasteiger partial charge in [-0.15, -0.1) is 0 Å². The lowest BCUT2D eigenvalue weighted by atomic mass is 9.91. The van der Waals surface area contributed by atoms with Crippen LogP contribution in [0.15, 0.2) is 60.7 Å². The molecular weight excluding hydrogens is 240 g/mol. The SMILES string of the molecule is Cc1c2ccccc2cc2cc3ccccc3c(C)c12. The van der Waals surface area contributed by atoms with Gasteiger partial charge in [0, 0.05) is 0 Å². The highest BCUT2D eigenvalue weighted by Gasteiger charge is 2.09. The summed E-state index contributed by atoms with van der Waals surface area (Å²) in [6.07, 6.45) is 0. The summed E-state index contributed by atoms with van der Waals surface area (Å²) < 4.78 is 0. The molecule has 0 nitrogen and oxygen atoms in total. The summed E-state index contributed by atoms with van der Waals surface area (Å²) in [5, 5.41) is 8.12. The average molecular weight is 256 g/mol. The molecule has 0 spiro atoms. The Balaban J connectivity index is 2.31. The van der Waals surface area contributed by atoms with E-state index in [1.807, 2.05) is 0 Å². The smallest absolute Gasteiger partial charge is 0.0113 e. The lowest BCUT2D eigenvalue weighted by molar-refractivity contribution is 1.52. The van der Waals surface area contributed by atoms with E-state index in [1.165, 1.54) is 43.4 Å². The second-order valence-corrected chi connectivity index (χ2v) is 5.54. The van der Waals surface area contributed by atoms with Gasteiger partial charge in [-0.1, -0.05) is 48.5 Å². The molecule has 0 aliphatic heterocycles. The van der Waals surface area contributed by atoms with Crippen LogP contribution in [0.5, 0.6) is 0 Å². The van der Waals surface area contributed by atoms with Crippen molar-refractivity contribution in [2.45, 2.75) is 13.8 Å². The van der Waals surface area contributed by atoms with Gasteiger partial charge in [-0.05, 0) is 69.4 Å². The monoisotopic (exact) mass is 256 g/mol. The summed E-state index contributed by atoms with van der Waals surface area (Å²) in [5.41, 5.74) is 2.78. The van der Waals surface area contributed by atoms with Crippen LogP contribution >= 0.6 is 0 Å². The standard InChI is InChI=1S/C20H16/c1-13-18-9-5-3-7-15(18)11-17-12-16-8-4-6-10-19(16)14(2)20(13)17/h3-12H,1-2H3. The molecule has 20 heavy (non-hydrogen) atoms. The molecule has 0 aliphatic rings. The maximum atomic E-state index is 2.32. The largest absolute Gasteiger partial charge is 0.0616 e. The van der Waals surface area contributed by atoms with E-state index in [0.29, 0.717) is 0 Å². The lowest BCUT2D eigenvalue weighted by Gasteiger charge is -2.13. The Morgan fingerprint density at radius 1 is 0.550 bits per heavy atom. The van der Waals surface area contributed by atoms with Gasteiger partial charge in [0.2, 0.25) is 0 Å². The summed E-state index contributed by atoms with van der Waals surface area (Å²) in [6, 6.07) is 21.9. The van der Waals surface area contributed by atoms with E-state index in [-0.39, 0.29) is 0 Å². The van der Waals surface area contributed by atoms with E-state index < -0.39 is 0 Å². The molecule has 4 aromatic rings. The zero-order valence-electron chi connectivity index (χ0n) is 11.8. The molecule has 4 aromatic carbocycles. The molecule has 0 aliphatic carbocycles. The van der Waals surface area contributed by atoms with E-state index in [4.69, 9.17) is 0 Å². The molecule has 0 aromatic heterocycles. The summed E-state index contributed by atoms with van der Waals surface area (Å²) >= 11 is 0. The molecule has 0 radical (unpaired) electrons.